The van der Waals surface area contributed by atoms with Gasteiger partial charge in [-0.25, -0.2) is 0 Å². The van der Waals surface area contributed by atoms with Crippen LogP contribution in [0.1, 0.15) is 30.4 Å². The summed E-state index contributed by atoms with van der Waals surface area (Å²) in [7, 11) is 2.04. The molecule has 0 spiro atoms. The van der Waals surface area contributed by atoms with Gasteiger partial charge in [-0.3, -0.25) is 4.79 Å². The molecule has 0 fully saturated rings. The number of hydrogen-bond acceptors (Lipinski definition) is 2. The Kier molecular flexibility index (Phi) is 8.28. The molecule has 3 aromatic rings. The molecule has 1 amide bonds. The molecule has 0 aliphatic carbocycles. The van der Waals surface area contributed by atoms with Crippen molar-refractivity contribution in [2.45, 2.75) is 32.4 Å². The van der Waals surface area contributed by atoms with Crippen molar-refractivity contribution in [3.8, 4) is 0 Å². The lowest BCUT2D eigenvalue weighted by Crippen LogP contribution is -2.29. The van der Waals surface area contributed by atoms with Gasteiger partial charge in [0.25, 0.3) is 0 Å². The molecule has 3 nitrogen and oxygen atoms in total. The third-order valence-electron chi connectivity index (χ3n) is 5.04. The SMILES string of the molecule is CN(/C=C/CCCC(=O)N(Cc1ccccc1)Cc1ccccc1)c1ccccc1. The molecule has 0 radical (unpaired) electrons. The monoisotopic (exact) mass is 398 g/mol. The first-order valence-corrected chi connectivity index (χ1v) is 10.5. The minimum absolute atomic E-state index is 0.201. The van der Waals surface area contributed by atoms with Crippen LogP contribution in [0.2, 0.25) is 0 Å². The fourth-order valence-electron chi connectivity index (χ4n) is 3.35. The summed E-state index contributed by atoms with van der Waals surface area (Å²) in [6.07, 6.45) is 6.50. The standard InChI is InChI=1S/C27H30N2O/c1-28(26-18-10-4-11-19-26)21-13-5-12-20-27(30)29(22-24-14-6-2-7-15-24)23-25-16-8-3-9-17-25/h2-4,6-11,13-19,21H,5,12,20,22-23H2,1H3/b21-13+. The minimum Gasteiger partial charge on any atom is -0.351 e. The highest BCUT2D eigenvalue weighted by molar-refractivity contribution is 5.76. The summed E-state index contributed by atoms with van der Waals surface area (Å²) < 4.78 is 0. The van der Waals surface area contributed by atoms with E-state index in [2.05, 4.69) is 53.6 Å². The van der Waals surface area contributed by atoms with E-state index in [0.29, 0.717) is 19.5 Å². The molecule has 0 saturated heterocycles. The second kappa shape index (κ2) is 11.6. The summed E-state index contributed by atoms with van der Waals surface area (Å²) in [6, 6.07) is 30.7. The Labute approximate surface area is 180 Å². The number of carbonyl (C=O) groups is 1. The number of para-hydroxylation sites is 1. The van der Waals surface area contributed by atoms with E-state index in [9.17, 15) is 4.79 Å². The maximum Gasteiger partial charge on any atom is 0.223 e. The lowest BCUT2D eigenvalue weighted by molar-refractivity contribution is -0.132. The topological polar surface area (TPSA) is 23.6 Å². The van der Waals surface area contributed by atoms with Crippen molar-refractivity contribution in [1.29, 1.82) is 0 Å². The van der Waals surface area contributed by atoms with E-state index >= 15 is 0 Å². The van der Waals surface area contributed by atoms with Crippen molar-refractivity contribution in [3.63, 3.8) is 0 Å². The lowest BCUT2D eigenvalue weighted by Gasteiger charge is -2.23. The highest BCUT2D eigenvalue weighted by Gasteiger charge is 2.14. The van der Waals surface area contributed by atoms with Gasteiger partial charge in [0, 0.05) is 32.2 Å². The zero-order valence-corrected chi connectivity index (χ0v) is 17.7. The number of allylic oxidation sites excluding steroid dienone is 1. The zero-order chi connectivity index (χ0) is 21.0. The number of unbranched alkanes of at least 4 members (excludes halogenated alkanes) is 1. The smallest absolute Gasteiger partial charge is 0.223 e. The van der Waals surface area contributed by atoms with Crippen molar-refractivity contribution < 1.29 is 4.79 Å². The summed E-state index contributed by atoms with van der Waals surface area (Å²) in [5.41, 5.74) is 3.47. The molecule has 3 rings (SSSR count). The van der Waals surface area contributed by atoms with Crippen LogP contribution in [-0.2, 0) is 17.9 Å². The van der Waals surface area contributed by atoms with Crippen molar-refractivity contribution >= 4 is 11.6 Å². The third-order valence-corrected chi connectivity index (χ3v) is 5.04. The summed E-state index contributed by atoms with van der Waals surface area (Å²) in [4.78, 5) is 17.0. The van der Waals surface area contributed by atoms with Crippen molar-refractivity contribution in [3.05, 3.63) is 114 Å². The van der Waals surface area contributed by atoms with Crippen LogP contribution < -0.4 is 4.90 Å². The predicted octanol–water partition coefficient (Wildman–Crippen LogP) is 6.04. The first-order chi connectivity index (χ1) is 14.7. The van der Waals surface area contributed by atoms with Gasteiger partial charge in [0.1, 0.15) is 0 Å². The molecule has 30 heavy (non-hydrogen) atoms. The van der Waals surface area contributed by atoms with Gasteiger partial charge < -0.3 is 9.80 Å². The van der Waals surface area contributed by atoms with E-state index in [0.717, 1.165) is 29.7 Å². The molecule has 0 aliphatic rings. The number of anilines is 1. The van der Waals surface area contributed by atoms with Crippen LogP contribution in [-0.4, -0.2) is 17.9 Å². The van der Waals surface area contributed by atoms with Crippen LogP contribution in [0.25, 0.3) is 0 Å². The second-order valence-electron chi connectivity index (χ2n) is 7.44. The van der Waals surface area contributed by atoms with Crippen LogP contribution in [0.3, 0.4) is 0 Å². The Balaban J connectivity index is 1.53. The van der Waals surface area contributed by atoms with Gasteiger partial charge >= 0.3 is 0 Å². The molecule has 0 aliphatic heterocycles. The molecule has 0 unspecified atom stereocenters. The number of nitrogens with zero attached hydrogens (tertiary/aromatic N) is 2. The van der Waals surface area contributed by atoms with Gasteiger partial charge in [-0.1, -0.05) is 84.9 Å². The Morgan fingerprint density at radius 2 is 1.27 bits per heavy atom. The van der Waals surface area contributed by atoms with E-state index in [4.69, 9.17) is 0 Å². The molecule has 0 saturated carbocycles. The second-order valence-corrected chi connectivity index (χ2v) is 7.44. The molecule has 0 aromatic heterocycles. The van der Waals surface area contributed by atoms with Crippen LogP contribution in [0, 0.1) is 0 Å². The van der Waals surface area contributed by atoms with Crippen LogP contribution in [0.15, 0.2) is 103 Å². The molecular weight excluding hydrogens is 368 g/mol. The third kappa shape index (κ3) is 6.93. The normalized spacial score (nSPS) is 10.8. The highest BCUT2D eigenvalue weighted by Crippen LogP contribution is 2.14. The largest absolute Gasteiger partial charge is 0.351 e. The van der Waals surface area contributed by atoms with Crippen LogP contribution >= 0.6 is 0 Å². The number of hydrogen-bond donors (Lipinski definition) is 0. The van der Waals surface area contributed by atoms with Crippen LogP contribution in [0.4, 0.5) is 5.69 Å². The first kappa shape index (κ1) is 21.4. The molecule has 3 aromatic carbocycles. The number of benzene rings is 3. The average molecular weight is 399 g/mol. The number of carbonyl (C=O) groups excluding carboxylic acids is 1. The summed E-state index contributed by atoms with van der Waals surface area (Å²) in [6.45, 7) is 1.28. The Hall–Kier alpha value is -3.33. The Bertz CT molecular complexity index is 866. The molecule has 154 valence electrons. The van der Waals surface area contributed by atoms with Gasteiger partial charge in [0.2, 0.25) is 5.91 Å². The summed E-state index contributed by atoms with van der Waals surface area (Å²) in [5.74, 6) is 0.201. The maximum atomic E-state index is 13.0. The molecular formula is C27H30N2O. The number of amides is 1. The van der Waals surface area contributed by atoms with E-state index < -0.39 is 0 Å². The number of rotatable bonds is 10. The van der Waals surface area contributed by atoms with Gasteiger partial charge in [-0.15, -0.1) is 0 Å². The zero-order valence-electron chi connectivity index (χ0n) is 17.7. The van der Waals surface area contributed by atoms with Gasteiger partial charge in [-0.05, 0) is 42.3 Å². The molecule has 0 heterocycles. The first-order valence-electron chi connectivity index (χ1n) is 10.5. The van der Waals surface area contributed by atoms with Gasteiger partial charge in [0.15, 0.2) is 0 Å². The maximum absolute atomic E-state index is 13.0. The lowest BCUT2D eigenvalue weighted by atomic mass is 10.1. The average Bonchev–Trinajstić information content (AvgIpc) is 2.80. The molecule has 3 heteroatoms. The van der Waals surface area contributed by atoms with E-state index in [1.165, 1.54) is 0 Å². The molecule has 0 atom stereocenters. The van der Waals surface area contributed by atoms with Crippen LogP contribution in [0.5, 0.6) is 0 Å². The van der Waals surface area contributed by atoms with Crippen molar-refractivity contribution in [2.24, 2.45) is 0 Å². The van der Waals surface area contributed by atoms with Gasteiger partial charge in [0.05, 0.1) is 0 Å². The van der Waals surface area contributed by atoms with Crippen molar-refractivity contribution in [2.75, 3.05) is 11.9 Å². The van der Waals surface area contributed by atoms with E-state index in [1.807, 2.05) is 66.5 Å². The van der Waals surface area contributed by atoms with E-state index in [1.54, 1.807) is 0 Å². The van der Waals surface area contributed by atoms with Crippen molar-refractivity contribution in [1.82, 2.24) is 4.90 Å². The minimum atomic E-state index is 0.201. The summed E-state index contributed by atoms with van der Waals surface area (Å²) in [5, 5.41) is 0. The Morgan fingerprint density at radius 1 is 0.767 bits per heavy atom. The van der Waals surface area contributed by atoms with Gasteiger partial charge in [-0.2, -0.15) is 0 Å². The predicted molar refractivity (Wildman–Crippen MR) is 125 cm³/mol. The quantitative estimate of drug-likeness (QED) is 0.389. The highest BCUT2D eigenvalue weighted by atomic mass is 16.2. The fourth-order valence-corrected chi connectivity index (χ4v) is 3.35. The fraction of sp³-hybridized carbons (Fsp3) is 0.222. The molecule has 0 bridgehead atoms. The Morgan fingerprint density at radius 3 is 1.80 bits per heavy atom. The summed E-state index contributed by atoms with van der Waals surface area (Å²) >= 11 is 0. The van der Waals surface area contributed by atoms with E-state index in [-0.39, 0.29) is 5.91 Å². The molecule has 0 N–H and O–H groups in total.